The Morgan fingerprint density at radius 1 is 1.06 bits per heavy atom. The summed E-state index contributed by atoms with van der Waals surface area (Å²) >= 11 is 0. The molecule has 1 fully saturated rings. The van der Waals surface area contributed by atoms with Gasteiger partial charge in [0.1, 0.15) is 19.0 Å². The first-order chi connectivity index (χ1) is 15.8. The van der Waals surface area contributed by atoms with Crippen molar-refractivity contribution in [3.63, 3.8) is 0 Å². The number of likely N-dealkylation sites (tertiary alicyclic amines) is 1. The van der Waals surface area contributed by atoms with Gasteiger partial charge >= 0.3 is 0 Å². The predicted molar refractivity (Wildman–Crippen MR) is 119 cm³/mol. The molecule has 4 heterocycles. The van der Waals surface area contributed by atoms with Gasteiger partial charge in [0.2, 0.25) is 5.95 Å². The number of methoxy groups -OCH3 is 1. The molecule has 1 saturated heterocycles. The number of piperidine rings is 1. The Kier molecular flexibility index (Phi) is 5.98. The molecule has 2 aliphatic rings. The molecule has 166 valence electrons. The van der Waals surface area contributed by atoms with Gasteiger partial charge in [-0.2, -0.15) is 0 Å². The molecule has 2 aliphatic heterocycles. The zero-order valence-corrected chi connectivity index (χ0v) is 18.0. The van der Waals surface area contributed by atoms with E-state index in [1.165, 1.54) is 0 Å². The maximum Gasteiger partial charge on any atom is 0.228 e. The normalized spacial score (nSPS) is 16.5. The highest BCUT2D eigenvalue weighted by atomic mass is 16.6. The van der Waals surface area contributed by atoms with Crippen molar-refractivity contribution < 1.29 is 14.2 Å². The van der Waals surface area contributed by atoms with Gasteiger partial charge in [0.15, 0.2) is 17.3 Å². The number of aromatic nitrogens is 4. The van der Waals surface area contributed by atoms with Crippen LogP contribution in [0.2, 0.25) is 0 Å². The Morgan fingerprint density at radius 2 is 1.81 bits per heavy atom. The van der Waals surface area contributed by atoms with Gasteiger partial charge < -0.3 is 19.5 Å². The van der Waals surface area contributed by atoms with Crippen molar-refractivity contribution in [1.82, 2.24) is 24.8 Å². The monoisotopic (exact) mass is 434 g/mol. The lowest BCUT2D eigenvalue weighted by atomic mass is 9.93. The van der Waals surface area contributed by atoms with E-state index in [9.17, 15) is 0 Å². The molecule has 9 heteroatoms. The number of rotatable bonds is 6. The van der Waals surface area contributed by atoms with Gasteiger partial charge in [-0.25, -0.2) is 15.0 Å². The first-order valence-corrected chi connectivity index (χ1v) is 10.8. The van der Waals surface area contributed by atoms with Crippen LogP contribution in [0.25, 0.3) is 0 Å². The van der Waals surface area contributed by atoms with Gasteiger partial charge in [0, 0.05) is 42.7 Å². The molecule has 0 spiro atoms. The maximum atomic E-state index is 5.75. The lowest BCUT2D eigenvalue weighted by Gasteiger charge is -2.32. The van der Waals surface area contributed by atoms with Crippen LogP contribution in [-0.2, 0) is 6.54 Å². The highest BCUT2D eigenvalue weighted by Crippen LogP contribution is 2.38. The molecule has 2 aromatic heterocycles. The summed E-state index contributed by atoms with van der Waals surface area (Å²) in [6.07, 6.45) is 8.99. The topological polar surface area (TPSA) is 94.5 Å². The summed E-state index contributed by atoms with van der Waals surface area (Å²) in [6.45, 7) is 3.91. The van der Waals surface area contributed by atoms with Crippen molar-refractivity contribution in [3.05, 3.63) is 54.2 Å². The minimum atomic E-state index is 0.374. The third-order valence-corrected chi connectivity index (χ3v) is 5.80. The van der Waals surface area contributed by atoms with E-state index in [-0.39, 0.29) is 0 Å². The van der Waals surface area contributed by atoms with Gasteiger partial charge in [-0.3, -0.25) is 9.88 Å². The minimum absolute atomic E-state index is 0.374. The molecule has 0 aliphatic carbocycles. The second kappa shape index (κ2) is 9.35. The summed E-state index contributed by atoms with van der Waals surface area (Å²) in [6, 6.07) is 5.76. The van der Waals surface area contributed by atoms with Crippen LogP contribution in [0.15, 0.2) is 43.0 Å². The van der Waals surface area contributed by atoms with E-state index >= 15 is 0 Å². The van der Waals surface area contributed by atoms with E-state index < -0.39 is 0 Å². The number of benzene rings is 1. The van der Waals surface area contributed by atoms with E-state index in [1.54, 1.807) is 31.8 Å². The molecule has 1 aromatic carbocycles. The highest BCUT2D eigenvalue weighted by molar-refractivity contribution is 5.51. The van der Waals surface area contributed by atoms with Crippen LogP contribution in [-0.4, -0.2) is 58.2 Å². The van der Waals surface area contributed by atoms with E-state index in [0.717, 1.165) is 61.0 Å². The number of anilines is 2. The van der Waals surface area contributed by atoms with Crippen molar-refractivity contribution >= 4 is 11.8 Å². The van der Waals surface area contributed by atoms with Crippen molar-refractivity contribution in [2.45, 2.75) is 25.3 Å². The van der Waals surface area contributed by atoms with Gasteiger partial charge in [0.05, 0.1) is 19.0 Å². The van der Waals surface area contributed by atoms with Crippen molar-refractivity contribution in [2.24, 2.45) is 0 Å². The van der Waals surface area contributed by atoms with Crippen LogP contribution in [0.3, 0.4) is 0 Å². The fraction of sp³-hybridized carbons (Fsp3) is 0.391. The Bertz CT molecular complexity index is 1060. The molecule has 0 unspecified atom stereocenters. The summed E-state index contributed by atoms with van der Waals surface area (Å²) in [5, 5.41) is 3.12. The molecule has 3 aromatic rings. The number of fused-ring (bicyclic) bond motifs is 1. The SMILES string of the molecule is COc1cc2c(cc1CN1CCC(c3cncc(Nc4ncccn4)n3)CC1)OCCO2. The Balaban J connectivity index is 1.22. The largest absolute Gasteiger partial charge is 0.496 e. The fourth-order valence-corrected chi connectivity index (χ4v) is 4.17. The number of hydrogen-bond acceptors (Lipinski definition) is 9. The van der Waals surface area contributed by atoms with Gasteiger partial charge in [-0.1, -0.05) is 0 Å². The van der Waals surface area contributed by atoms with E-state index in [0.29, 0.717) is 30.9 Å². The minimum Gasteiger partial charge on any atom is -0.496 e. The first kappa shape index (κ1) is 20.4. The quantitative estimate of drug-likeness (QED) is 0.628. The third kappa shape index (κ3) is 4.57. The van der Waals surface area contributed by atoms with E-state index in [1.807, 2.05) is 18.3 Å². The van der Waals surface area contributed by atoms with Gasteiger partial charge in [-0.05, 0) is 38.1 Å². The molecule has 0 saturated carbocycles. The molecule has 0 atom stereocenters. The molecular weight excluding hydrogens is 408 g/mol. The first-order valence-electron chi connectivity index (χ1n) is 10.8. The van der Waals surface area contributed by atoms with Crippen LogP contribution in [0.1, 0.15) is 30.0 Å². The second-order valence-electron chi connectivity index (χ2n) is 7.88. The highest BCUT2D eigenvalue weighted by Gasteiger charge is 2.24. The van der Waals surface area contributed by atoms with Crippen LogP contribution in [0.5, 0.6) is 17.2 Å². The summed E-state index contributed by atoms with van der Waals surface area (Å²) in [5.41, 5.74) is 2.12. The lowest BCUT2D eigenvalue weighted by molar-refractivity contribution is 0.169. The van der Waals surface area contributed by atoms with E-state index in [4.69, 9.17) is 19.2 Å². The Morgan fingerprint density at radius 3 is 2.56 bits per heavy atom. The van der Waals surface area contributed by atoms with Crippen LogP contribution in [0.4, 0.5) is 11.8 Å². The number of nitrogens with one attached hydrogen (secondary N) is 1. The predicted octanol–water partition coefficient (Wildman–Crippen LogP) is 3.17. The third-order valence-electron chi connectivity index (χ3n) is 5.80. The second-order valence-corrected chi connectivity index (χ2v) is 7.88. The average Bonchev–Trinajstić information content (AvgIpc) is 2.85. The van der Waals surface area contributed by atoms with Crippen LogP contribution in [0, 0.1) is 0 Å². The van der Waals surface area contributed by atoms with Crippen molar-refractivity contribution in [1.29, 1.82) is 0 Å². The molecule has 32 heavy (non-hydrogen) atoms. The molecule has 5 rings (SSSR count). The maximum absolute atomic E-state index is 5.75. The summed E-state index contributed by atoms with van der Waals surface area (Å²) in [7, 11) is 1.70. The molecular formula is C23H26N6O3. The molecule has 0 bridgehead atoms. The van der Waals surface area contributed by atoms with Crippen LogP contribution < -0.4 is 19.5 Å². The summed E-state index contributed by atoms with van der Waals surface area (Å²) in [4.78, 5) is 19.9. The molecule has 0 radical (unpaired) electrons. The fourth-order valence-electron chi connectivity index (χ4n) is 4.17. The Hall–Kier alpha value is -3.46. The van der Waals surface area contributed by atoms with Gasteiger partial charge in [0.25, 0.3) is 0 Å². The average molecular weight is 435 g/mol. The van der Waals surface area contributed by atoms with E-state index in [2.05, 4.69) is 25.2 Å². The number of nitrogens with zero attached hydrogens (tertiary/aromatic N) is 5. The van der Waals surface area contributed by atoms with Crippen molar-refractivity contribution in [3.8, 4) is 17.2 Å². The smallest absolute Gasteiger partial charge is 0.228 e. The zero-order valence-electron chi connectivity index (χ0n) is 18.0. The summed E-state index contributed by atoms with van der Waals surface area (Å²) < 4.78 is 17.0. The summed E-state index contributed by atoms with van der Waals surface area (Å²) in [5.74, 6) is 3.94. The molecule has 0 amide bonds. The number of ether oxygens (including phenoxy) is 3. The lowest BCUT2D eigenvalue weighted by Crippen LogP contribution is -2.33. The number of hydrogen-bond donors (Lipinski definition) is 1. The Labute approximate surface area is 186 Å². The van der Waals surface area contributed by atoms with Gasteiger partial charge in [-0.15, -0.1) is 0 Å². The van der Waals surface area contributed by atoms with Crippen LogP contribution >= 0.6 is 0 Å². The van der Waals surface area contributed by atoms with Crippen molar-refractivity contribution in [2.75, 3.05) is 38.7 Å². The zero-order chi connectivity index (χ0) is 21.8. The standard InChI is InChI=1S/C23H26N6O3/c1-30-19-12-21-20(31-9-10-32-21)11-17(19)15-29-7-3-16(4-8-29)18-13-24-14-22(27-18)28-23-25-5-2-6-26-23/h2,5-6,11-14,16H,3-4,7-10,15H2,1H3,(H,25,26,27,28). The molecule has 1 N–H and O–H groups in total. The molecule has 9 nitrogen and oxygen atoms in total.